The molecule has 0 spiro atoms. The standard InChI is InChI=1S/C13H20N2O2/c1-3-15(4-2)9-8-14-13(17)11-6-5-7-12(16)10-11/h5-7,10,16H,3-4,8-9H2,1-2H3,(H,14,17). The molecule has 0 atom stereocenters. The fraction of sp³-hybridized carbons (Fsp3) is 0.462. The van der Waals surface area contributed by atoms with Gasteiger partial charge in [-0.05, 0) is 31.3 Å². The van der Waals surface area contributed by atoms with E-state index in [-0.39, 0.29) is 11.7 Å². The van der Waals surface area contributed by atoms with E-state index in [2.05, 4.69) is 24.1 Å². The van der Waals surface area contributed by atoms with Gasteiger partial charge >= 0.3 is 0 Å². The minimum Gasteiger partial charge on any atom is -0.508 e. The van der Waals surface area contributed by atoms with Gasteiger partial charge in [-0.1, -0.05) is 19.9 Å². The molecule has 17 heavy (non-hydrogen) atoms. The van der Waals surface area contributed by atoms with Gasteiger partial charge in [0.15, 0.2) is 0 Å². The quantitative estimate of drug-likeness (QED) is 0.786. The van der Waals surface area contributed by atoms with Crippen molar-refractivity contribution in [3.05, 3.63) is 29.8 Å². The highest BCUT2D eigenvalue weighted by molar-refractivity contribution is 5.94. The van der Waals surface area contributed by atoms with Gasteiger partial charge in [-0.2, -0.15) is 0 Å². The zero-order valence-electron chi connectivity index (χ0n) is 10.4. The molecular formula is C13H20N2O2. The number of aromatic hydroxyl groups is 1. The number of carbonyl (C=O) groups is 1. The molecule has 0 saturated heterocycles. The van der Waals surface area contributed by atoms with Crippen LogP contribution in [0.4, 0.5) is 0 Å². The van der Waals surface area contributed by atoms with E-state index >= 15 is 0 Å². The summed E-state index contributed by atoms with van der Waals surface area (Å²) in [5.74, 6) is -0.0329. The van der Waals surface area contributed by atoms with E-state index < -0.39 is 0 Å². The first kappa shape index (κ1) is 13.5. The molecule has 4 nitrogen and oxygen atoms in total. The number of hydrogen-bond donors (Lipinski definition) is 2. The SMILES string of the molecule is CCN(CC)CCNC(=O)c1cccc(O)c1. The van der Waals surface area contributed by atoms with Crippen LogP contribution in [0.1, 0.15) is 24.2 Å². The first-order valence-electron chi connectivity index (χ1n) is 5.97. The molecular weight excluding hydrogens is 216 g/mol. The maximum absolute atomic E-state index is 11.7. The summed E-state index contributed by atoms with van der Waals surface area (Å²) >= 11 is 0. The lowest BCUT2D eigenvalue weighted by Crippen LogP contribution is -2.34. The number of hydrogen-bond acceptors (Lipinski definition) is 3. The van der Waals surface area contributed by atoms with E-state index in [0.717, 1.165) is 19.6 Å². The van der Waals surface area contributed by atoms with Gasteiger partial charge < -0.3 is 15.3 Å². The lowest BCUT2D eigenvalue weighted by atomic mass is 10.2. The van der Waals surface area contributed by atoms with Crippen molar-refractivity contribution in [1.29, 1.82) is 0 Å². The van der Waals surface area contributed by atoms with Gasteiger partial charge in [-0.3, -0.25) is 4.79 Å². The third-order valence-electron chi connectivity index (χ3n) is 2.72. The third kappa shape index (κ3) is 4.44. The second kappa shape index (κ2) is 6.91. The number of nitrogens with zero attached hydrogens (tertiary/aromatic N) is 1. The van der Waals surface area contributed by atoms with E-state index in [4.69, 9.17) is 0 Å². The monoisotopic (exact) mass is 236 g/mol. The summed E-state index contributed by atoms with van der Waals surface area (Å²) in [6, 6.07) is 6.36. The fourth-order valence-corrected chi connectivity index (χ4v) is 1.62. The zero-order valence-corrected chi connectivity index (χ0v) is 10.4. The number of rotatable bonds is 6. The first-order chi connectivity index (χ1) is 8.17. The summed E-state index contributed by atoms with van der Waals surface area (Å²) in [6.07, 6.45) is 0. The Morgan fingerprint density at radius 2 is 2.06 bits per heavy atom. The average molecular weight is 236 g/mol. The van der Waals surface area contributed by atoms with Gasteiger partial charge in [0.05, 0.1) is 0 Å². The molecule has 1 amide bonds. The van der Waals surface area contributed by atoms with Crippen molar-refractivity contribution in [2.75, 3.05) is 26.2 Å². The minimum absolute atomic E-state index is 0.112. The third-order valence-corrected chi connectivity index (χ3v) is 2.72. The number of carbonyl (C=O) groups excluding carboxylic acids is 1. The molecule has 2 N–H and O–H groups in total. The molecule has 0 aromatic heterocycles. The maximum Gasteiger partial charge on any atom is 0.251 e. The number of nitrogens with one attached hydrogen (secondary N) is 1. The van der Waals surface area contributed by atoms with E-state index in [1.807, 2.05) is 0 Å². The molecule has 0 bridgehead atoms. The van der Waals surface area contributed by atoms with Crippen LogP contribution in [0.5, 0.6) is 5.75 Å². The predicted molar refractivity (Wildman–Crippen MR) is 68.2 cm³/mol. The highest BCUT2D eigenvalue weighted by Gasteiger charge is 2.06. The Morgan fingerprint density at radius 1 is 1.35 bits per heavy atom. The highest BCUT2D eigenvalue weighted by Crippen LogP contribution is 2.10. The van der Waals surface area contributed by atoms with Gasteiger partial charge in [0.25, 0.3) is 5.91 Å². The summed E-state index contributed by atoms with van der Waals surface area (Å²) in [5.41, 5.74) is 0.490. The number of benzene rings is 1. The van der Waals surface area contributed by atoms with Crippen LogP contribution in [-0.2, 0) is 0 Å². The molecule has 1 aromatic carbocycles. The van der Waals surface area contributed by atoms with Crippen LogP contribution in [0.2, 0.25) is 0 Å². The second-order valence-corrected chi connectivity index (χ2v) is 3.83. The highest BCUT2D eigenvalue weighted by atomic mass is 16.3. The Kier molecular flexibility index (Phi) is 5.49. The summed E-state index contributed by atoms with van der Waals surface area (Å²) in [7, 11) is 0. The normalized spacial score (nSPS) is 10.5. The van der Waals surface area contributed by atoms with Crippen molar-refractivity contribution in [3.8, 4) is 5.75 Å². The first-order valence-corrected chi connectivity index (χ1v) is 5.97. The molecule has 1 rings (SSSR count). The number of likely N-dealkylation sites (N-methyl/N-ethyl adjacent to an activating group) is 1. The Balaban J connectivity index is 2.40. The molecule has 4 heteroatoms. The van der Waals surface area contributed by atoms with Crippen LogP contribution < -0.4 is 5.32 Å². The van der Waals surface area contributed by atoms with Gasteiger partial charge in [0.2, 0.25) is 0 Å². The summed E-state index contributed by atoms with van der Waals surface area (Å²) in [5, 5.41) is 12.1. The van der Waals surface area contributed by atoms with Crippen molar-refractivity contribution < 1.29 is 9.90 Å². The summed E-state index contributed by atoms with van der Waals surface area (Å²) in [6.45, 7) is 7.63. The maximum atomic E-state index is 11.7. The van der Waals surface area contributed by atoms with E-state index in [1.165, 1.54) is 6.07 Å². The lowest BCUT2D eigenvalue weighted by Gasteiger charge is -2.17. The molecule has 0 aliphatic rings. The summed E-state index contributed by atoms with van der Waals surface area (Å²) in [4.78, 5) is 14.0. The second-order valence-electron chi connectivity index (χ2n) is 3.83. The molecule has 0 radical (unpaired) electrons. The van der Waals surface area contributed by atoms with Crippen LogP contribution in [0.3, 0.4) is 0 Å². The number of phenols is 1. The Morgan fingerprint density at radius 3 is 2.65 bits per heavy atom. The molecule has 0 unspecified atom stereocenters. The Labute approximate surface area is 102 Å². The number of phenolic OH excluding ortho intramolecular Hbond substituents is 1. The van der Waals surface area contributed by atoms with E-state index in [1.54, 1.807) is 18.2 Å². The molecule has 0 saturated carbocycles. The average Bonchev–Trinajstić information content (AvgIpc) is 2.34. The predicted octanol–water partition coefficient (Wildman–Crippen LogP) is 1.46. The van der Waals surface area contributed by atoms with E-state index in [0.29, 0.717) is 12.1 Å². The zero-order chi connectivity index (χ0) is 12.7. The number of amides is 1. The van der Waals surface area contributed by atoms with Crippen molar-refractivity contribution in [2.24, 2.45) is 0 Å². The van der Waals surface area contributed by atoms with Crippen molar-refractivity contribution >= 4 is 5.91 Å². The summed E-state index contributed by atoms with van der Waals surface area (Å²) < 4.78 is 0. The van der Waals surface area contributed by atoms with Crippen molar-refractivity contribution in [3.63, 3.8) is 0 Å². The minimum atomic E-state index is -0.145. The largest absolute Gasteiger partial charge is 0.508 e. The smallest absolute Gasteiger partial charge is 0.251 e. The molecule has 1 aromatic rings. The fourth-order valence-electron chi connectivity index (χ4n) is 1.62. The van der Waals surface area contributed by atoms with Gasteiger partial charge in [-0.15, -0.1) is 0 Å². The van der Waals surface area contributed by atoms with Crippen LogP contribution in [0.15, 0.2) is 24.3 Å². The van der Waals surface area contributed by atoms with Gasteiger partial charge in [0.1, 0.15) is 5.75 Å². The van der Waals surface area contributed by atoms with Crippen LogP contribution in [-0.4, -0.2) is 42.1 Å². The van der Waals surface area contributed by atoms with Gasteiger partial charge in [-0.25, -0.2) is 0 Å². The van der Waals surface area contributed by atoms with Crippen molar-refractivity contribution in [2.45, 2.75) is 13.8 Å². The van der Waals surface area contributed by atoms with E-state index in [9.17, 15) is 9.90 Å². The van der Waals surface area contributed by atoms with Crippen LogP contribution in [0, 0.1) is 0 Å². The lowest BCUT2D eigenvalue weighted by molar-refractivity contribution is 0.0948. The van der Waals surface area contributed by atoms with Crippen LogP contribution in [0.25, 0.3) is 0 Å². The molecule has 0 heterocycles. The Bertz CT molecular complexity index is 362. The van der Waals surface area contributed by atoms with Gasteiger partial charge in [0, 0.05) is 18.7 Å². The molecule has 94 valence electrons. The molecule has 0 aliphatic heterocycles. The molecule has 0 fully saturated rings. The Hall–Kier alpha value is -1.55. The topological polar surface area (TPSA) is 52.6 Å². The van der Waals surface area contributed by atoms with Crippen LogP contribution >= 0.6 is 0 Å². The molecule has 0 aliphatic carbocycles. The van der Waals surface area contributed by atoms with Crippen molar-refractivity contribution in [1.82, 2.24) is 10.2 Å².